The first-order valence-corrected chi connectivity index (χ1v) is 8.42. The van der Waals surface area contributed by atoms with Crippen molar-refractivity contribution in [2.45, 2.75) is 65.3 Å². The summed E-state index contributed by atoms with van der Waals surface area (Å²) in [5.74, 6) is 0.953. The molecule has 1 nitrogen and oxygen atoms in total. The summed E-state index contributed by atoms with van der Waals surface area (Å²) < 4.78 is 1.21. The van der Waals surface area contributed by atoms with Gasteiger partial charge in [0.2, 0.25) is 0 Å². The molecule has 1 aliphatic carbocycles. The molecule has 0 heterocycles. The molecular formula is C17H26BrN. The van der Waals surface area contributed by atoms with Crippen LogP contribution in [0.25, 0.3) is 0 Å². The van der Waals surface area contributed by atoms with Crippen molar-refractivity contribution in [3.8, 4) is 0 Å². The highest BCUT2D eigenvalue weighted by Crippen LogP contribution is 2.32. The van der Waals surface area contributed by atoms with E-state index in [4.69, 9.17) is 0 Å². The summed E-state index contributed by atoms with van der Waals surface area (Å²) in [6, 6.07) is 5.12. The lowest BCUT2D eigenvalue weighted by molar-refractivity contribution is 0.444. The Morgan fingerprint density at radius 3 is 2.63 bits per heavy atom. The first kappa shape index (κ1) is 14.9. The Morgan fingerprint density at radius 1 is 1.16 bits per heavy atom. The lowest BCUT2D eigenvalue weighted by Crippen LogP contribution is -2.19. The number of hydrogen-bond acceptors (Lipinski definition) is 1. The van der Waals surface area contributed by atoms with Crippen molar-refractivity contribution in [3.05, 3.63) is 27.7 Å². The fraction of sp³-hybridized carbons (Fsp3) is 0.647. The zero-order valence-corrected chi connectivity index (χ0v) is 14.0. The van der Waals surface area contributed by atoms with Crippen LogP contribution in [0.2, 0.25) is 0 Å². The smallest absolute Gasteiger partial charge is 0.0516 e. The van der Waals surface area contributed by atoms with Gasteiger partial charge >= 0.3 is 0 Å². The zero-order valence-electron chi connectivity index (χ0n) is 12.4. The van der Waals surface area contributed by atoms with Gasteiger partial charge in [0, 0.05) is 10.5 Å². The van der Waals surface area contributed by atoms with Gasteiger partial charge in [-0.25, -0.2) is 0 Å². The van der Waals surface area contributed by atoms with Crippen molar-refractivity contribution >= 4 is 21.6 Å². The maximum absolute atomic E-state index is 3.78. The molecule has 1 N–H and O–H groups in total. The second kappa shape index (κ2) is 6.78. The van der Waals surface area contributed by atoms with Crippen molar-refractivity contribution in [2.75, 3.05) is 5.32 Å². The van der Waals surface area contributed by atoms with E-state index in [9.17, 15) is 0 Å². The third kappa shape index (κ3) is 3.98. The summed E-state index contributed by atoms with van der Waals surface area (Å²) in [6.07, 6.45) is 8.16. The monoisotopic (exact) mass is 323 g/mol. The highest BCUT2D eigenvalue weighted by Gasteiger charge is 2.18. The Balaban J connectivity index is 2.05. The minimum Gasteiger partial charge on any atom is -0.381 e. The lowest BCUT2D eigenvalue weighted by atomic mass is 9.98. The van der Waals surface area contributed by atoms with E-state index >= 15 is 0 Å². The molecule has 0 spiro atoms. The lowest BCUT2D eigenvalue weighted by Gasteiger charge is -2.21. The summed E-state index contributed by atoms with van der Waals surface area (Å²) in [5.41, 5.74) is 3.97. The first-order valence-electron chi connectivity index (χ1n) is 7.63. The molecule has 2 atom stereocenters. The summed E-state index contributed by atoms with van der Waals surface area (Å²) in [5, 5.41) is 3.78. The predicted molar refractivity (Wildman–Crippen MR) is 87.9 cm³/mol. The van der Waals surface area contributed by atoms with E-state index in [0.29, 0.717) is 6.04 Å². The van der Waals surface area contributed by atoms with E-state index in [2.05, 4.69) is 54.2 Å². The van der Waals surface area contributed by atoms with Crippen LogP contribution in [0.4, 0.5) is 5.69 Å². The Hall–Kier alpha value is -0.500. The van der Waals surface area contributed by atoms with Crippen LogP contribution in [0.5, 0.6) is 0 Å². The van der Waals surface area contributed by atoms with Gasteiger partial charge in [-0.05, 0) is 72.2 Å². The highest BCUT2D eigenvalue weighted by atomic mass is 79.9. The number of aryl methyl sites for hydroxylation is 2. The fourth-order valence-corrected chi connectivity index (χ4v) is 4.02. The Bertz CT molecular complexity index is 404. The number of benzene rings is 1. The van der Waals surface area contributed by atoms with Crippen molar-refractivity contribution in [2.24, 2.45) is 5.92 Å². The van der Waals surface area contributed by atoms with Crippen LogP contribution in [0.15, 0.2) is 16.6 Å². The van der Waals surface area contributed by atoms with Crippen molar-refractivity contribution in [1.29, 1.82) is 0 Å². The first-order chi connectivity index (χ1) is 9.10. The molecule has 1 fully saturated rings. The molecule has 1 saturated carbocycles. The zero-order chi connectivity index (χ0) is 13.8. The van der Waals surface area contributed by atoms with Crippen LogP contribution in [0.3, 0.4) is 0 Å². The number of rotatable bonds is 3. The summed E-state index contributed by atoms with van der Waals surface area (Å²) in [6.45, 7) is 6.68. The van der Waals surface area contributed by atoms with Crippen molar-refractivity contribution < 1.29 is 0 Å². The molecule has 0 bridgehead atoms. The minimum absolute atomic E-state index is 0.647. The Kier molecular flexibility index (Phi) is 5.32. The van der Waals surface area contributed by atoms with Gasteiger partial charge in [0.05, 0.1) is 5.69 Å². The SMILES string of the molecule is CCC1CCCC(Nc2c(C)cc(C)cc2Br)CC1. The summed E-state index contributed by atoms with van der Waals surface area (Å²) in [7, 11) is 0. The van der Waals surface area contributed by atoms with Crippen molar-refractivity contribution in [1.82, 2.24) is 0 Å². The van der Waals surface area contributed by atoms with E-state index in [1.807, 2.05) is 0 Å². The largest absolute Gasteiger partial charge is 0.381 e. The van der Waals surface area contributed by atoms with Crippen LogP contribution < -0.4 is 5.32 Å². The predicted octanol–water partition coefficient (Wildman–Crippen LogP) is 5.84. The number of halogens is 1. The molecule has 0 aliphatic heterocycles. The van der Waals surface area contributed by atoms with Gasteiger partial charge in [-0.2, -0.15) is 0 Å². The van der Waals surface area contributed by atoms with Crippen LogP contribution in [0.1, 0.15) is 56.6 Å². The molecule has 0 aromatic heterocycles. The van der Waals surface area contributed by atoms with Gasteiger partial charge in [-0.1, -0.05) is 32.3 Å². The second-order valence-corrected chi connectivity index (χ2v) is 6.92. The van der Waals surface area contributed by atoms with Crippen molar-refractivity contribution in [3.63, 3.8) is 0 Å². The minimum atomic E-state index is 0.647. The highest BCUT2D eigenvalue weighted by molar-refractivity contribution is 9.10. The van der Waals surface area contributed by atoms with Gasteiger partial charge in [0.1, 0.15) is 0 Å². The molecule has 1 aliphatic rings. The average molecular weight is 324 g/mol. The molecule has 2 unspecified atom stereocenters. The fourth-order valence-electron chi connectivity index (χ4n) is 3.23. The standard InChI is InChI=1S/C17H26BrN/c1-4-14-6-5-7-15(9-8-14)19-17-13(3)10-12(2)11-16(17)18/h10-11,14-15,19H,4-9H2,1-3H3. The average Bonchev–Trinajstić information content (AvgIpc) is 2.58. The molecule has 106 valence electrons. The van der Waals surface area contributed by atoms with Crippen LogP contribution in [-0.4, -0.2) is 6.04 Å². The third-order valence-electron chi connectivity index (χ3n) is 4.45. The molecule has 1 aromatic rings. The van der Waals surface area contributed by atoms with E-state index in [0.717, 1.165) is 5.92 Å². The normalized spacial score (nSPS) is 24.0. The number of nitrogens with one attached hydrogen (secondary N) is 1. The number of anilines is 1. The molecule has 0 saturated heterocycles. The molecule has 0 amide bonds. The van der Waals surface area contributed by atoms with Crippen LogP contribution in [-0.2, 0) is 0 Å². The van der Waals surface area contributed by atoms with Gasteiger partial charge in [-0.3, -0.25) is 0 Å². The van der Waals surface area contributed by atoms with Crippen LogP contribution >= 0.6 is 15.9 Å². The molecule has 2 rings (SSSR count). The number of hydrogen-bond donors (Lipinski definition) is 1. The van der Waals surface area contributed by atoms with E-state index < -0.39 is 0 Å². The molecule has 1 aromatic carbocycles. The maximum Gasteiger partial charge on any atom is 0.0516 e. The molecular weight excluding hydrogens is 298 g/mol. The Labute approximate surface area is 126 Å². The molecule has 0 radical (unpaired) electrons. The maximum atomic E-state index is 3.78. The quantitative estimate of drug-likeness (QED) is 0.689. The third-order valence-corrected chi connectivity index (χ3v) is 5.07. The van der Waals surface area contributed by atoms with Crippen LogP contribution in [0, 0.1) is 19.8 Å². The van der Waals surface area contributed by atoms with E-state index in [-0.39, 0.29) is 0 Å². The van der Waals surface area contributed by atoms with E-state index in [1.54, 1.807) is 0 Å². The van der Waals surface area contributed by atoms with Gasteiger partial charge in [0.15, 0.2) is 0 Å². The summed E-state index contributed by atoms with van der Waals surface area (Å²) in [4.78, 5) is 0. The van der Waals surface area contributed by atoms with Gasteiger partial charge in [0.25, 0.3) is 0 Å². The van der Waals surface area contributed by atoms with Gasteiger partial charge < -0.3 is 5.32 Å². The second-order valence-electron chi connectivity index (χ2n) is 6.06. The Morgan fingerprint density at radius 2 is 1.95 bits per heavy atom. The topological polar surface area (TPSA) is 12.0 Å². The molecule has 2 heteroatoms. The molecule has 19 heavy (non-hydrogen) atoms. The summed E-state index contributed by atoms with van der Waals surface area (Å²) >= 11 is 3.71. The van der Waals surface area contributed by atoms with E-state index in [1.165, 1.54) is 59.8 Å². The van der Waals surface area contributed by atoms with Gasteiger partial charge in [-0.15, -0.1) is 0 Å².